The molecule has 0 spiro atoms. The van der Waals surface area contributed by atoms with E-state index in [9.17, 15) is 8.78 Å². The zero-order chi connectivity index (χ0) is 15.8. The van der Waals surface area contributed by atoms with Gasteiger partial charge in [0.2, 0.25) is 0 Å². The Labute approximate surface area is 123 Å². The lowest BCUT2D eigenvalue weighted by molar-refractivity contribution is 0.544. The number of aromatic nitrogens is 2. The molecule has 5 heteroatoms. The summed E-state index contributed by atoms with van der Waals surface area (Å²) in [4.78, 5) is 8.85. The van der Waals surface area contributed by atoms with Crippen LogP contribution in [0.15, 0.2) is 18.2 Å². The fourth-order valence-corrected chi connectivity index (χ4v) is 2.06. The standard InChI is InChI=1S/C16H19F2N3/c1-9-13(12-10(17)7-6-8-11(12)18)20-15(16(2,3)4)21-14(9)19-5/h6-8H,1-5H3,(H,19,20,21). The first-order valence-electron chi connectivity index (χ1n) is 6.77. The Bertz CT molecular complexity index is 656. The topological polar surface area (TPSA) is 37.8 Å². The third kappa shape index (κ3) is 2.86. The molecule has 0 saturated carbocycles. The van der Waals surface area contributed by atoms with Gasteiger partial charge in [-0.3, -0.25) is 0 Å². The van der Waals surface area contributed by atoms with Crippen molar-refractivity contribution in [3.8, 4) is 11.3 Å². The van der Waals surface area contributed by atoms with Crippen LogP contribution in [0.1, 0.15) is 32.2 Å². The van der Waals surface area contributed by atoms with Gasteiger partial charge >= 0.3 is 0 Å². The van der Waals surface area contributed by atoms with Crippen molar-refractivity contribution in [2.24, 2.45) is 0 Å². The molecule has 1 aromatic carbocycles. The van der Waals surface area contributed by atoms with Crippen molar-refractivity contribution in [3.05, 3.63) is 41.2 Å². The van der Waals surface area contributed by atoms with Crippen LogP contribution in [0.5, 0.6) is 0 Å². The summed E-state index contributed by atoms with van der Waals surface area (Å²) in [6, 6.07) is 3.81. The zero-order valence-electron chi connectivity index (χ0n) is 12.9. The van der Waals surface area contributed by atoms with Crippen LogP contribution in [0, 0.1) is 18.6 Å². The maximum absolute atomic E-state index is 14.1. The Morgan fingerprint density at radius 3 is 2.10 bits per heavy atom. The van der Waals surface area contributed by atoms with E-state index in [1.165, 1.54) is 18.2 Å². The van der Waals surface area contributed by atoms with Crippen LogP contribution in [-0.4, -0.2) is 17.0 Å². The van der Waals surface area contributed by atoms with E-state index >= 15 is 0 Å². The largest absolute Gasteiger partial charge is 0.373 e. The van der Waals surface area contributed by atoms with E-state index in [1.54, 1.807) is 14.0 Å². The molecule has 0 unspecified atom stereocenters. The van der Waals surface area contributed by atoms with Gasteiger partial charge in [-0.05, 0) is 19.1 Å². The SMILES string of the molecule is CNc1nc(C(C)(C)C)nc(-c2c(F)cccc2F)c1C. The molecule has 3 nitrogen and oxygen atoms in total. The summed E-state index contributed by atoms with van der Waals surface area (Å²) < 4.78 is 28.1. The van der Waals surface area contributed by atoms with Crippen LogP contribution in [0.25, 0.3) is 11.3 Å². The van der Waals surface area contributed by atoms with Gasteiger partial charge in [0, 0.05) is 18.0 Å². The Balaban J connectivity index is 2.79. The molecule has 0 aliphatic heterocycles. The highest BCUT2D eigenvalue weighted by atomic mass is 19.1. The second-order valence-electron chi connectivity index (χ2n) is 5.97. The Hall–Kier alpha value is -2.04. The van der Waals surface area contributed by atoms with Crippen LogP contribution < -0.4 is 5.32 Å². The van der Waals surface area contributed by atoms with Gasteiger partial charge < -0.3 is 5.32 Å². The smallest absolute Gasteiger partial charge is 0.136 e. The number of benzene rings is 1. The van der Waals surface area contributed by atoms with E-state index in [-0.39, 0.29) is 16.7 Å². The molecule has 0 aliphatic rings. The summed E-state index contributed by atoms with van der Waals surface area (Å²) in [5.41, 5.74) is 0.472. The van der Waals surface area contributed by atoms with Gasteiger partial charge in [-0.25, -0.2) is 18.7 Å². The summed E-state index contributed by atoms with van der Waals surface area (Å²) in [6.45, 7) is 7.62. The molecule has 0 atom stereocenters. The van der Waals surface area contributed by atoms with Crippen molar-refractivity contribution in [1.82, 2.24) is 9.97 Å². The molecule has 0 amide bonds. The Morgan fingerprint density at radius 2 is 1.62 bits per heavy atom. The Kier molecular flexibility index (Phi) is 3.94. The fourth-order valence-electron chi connectivity index (χ4n) is 2.06. The number of halogens is 2. The van der Waals surface area contributed by atoms with Crippen LogP contribution in [-0.2, 0) is 5.41 Å². The predicted octanol–water partition coefficient (Wildman–Crippen LogP) is 4.07. The number of nitrogens with zero attached hydrogens (tertiary/aromatic N) is 2. The van der Waals surface area contributed by atoms with E-state index < -0.39 is 11.6 Å². The predicted molar refractivity (Wildman–Crippen MR) is 80.4 cm³/mol. The first-order chi connectivity index (χ1) is 9.75. The molecule has 21 heavy (non-hydrogen) atoms. The van der Waals surface area contributed by atoms with Crippen LogP contribution in [0.2, 0.25) is 0 Å². The third-order valence-corrected chi connectivity index (χ3v) is 3.25. The second-order valence-corrected chi connectivity index (χ2v) is 5.97. The number of rotatable bonds is 2. The molecular formula is C16H19F2N3. The van der Waals surface area contributed by atoms with E-state index in [4.69, 9.17) is 0 Å². The highest BCUT2D eigenvalue weighted by Gasteiger charge is 2.24. The highest BCUT2D eigenvalue weighted by molar-refractivity contribution is 5.69. The van der Waals surface area contributed by atoms with Gasteiger partial charge in [0.15, 0.2) is 0 Å². The lowest BCUT2D eigenvalue weighted by atomic mass is 9.94. The van der Waals surface area contributed by atoms with Gasteiger partial charge in [-0.15, -0.1) is 0 Å². The lowest BCUT2D eigenvalue weighted by Gasteiger charge is -2.20. The maximum atomic E-state index is 14.1. The highest BCUT2D eigenvalue weighted by Crippen LogP contribution is 2.32. The van der Waals surface area contributed by atoms with Gasteiger partial charge in [0.05, 0.1) is 11.3 Å². The minimum absolute atomic E-state index is 0.112. The third-order valence-electron chi connectivity index (χ3n) is 3.25. The van der Waals surface area contributed by atoms with Crippen molar-refractivity contribution >= 4 is 5.82 Å². The zero-order valence-corrected chi connectivity index (χ0v) is 12.9. The minimum Gasteiger partial charge on any atom is -0.373 e. The van der Waals surface area contributed by atoms with Crippen LogP contribution in [0.4, 0.5) is 14.6 Å². The number of hydrogen-bond acceptors (Lipinski definition) is 3. The molecule has 0 fully saturated rings. The number of nitrogens with one attached hydrogen (secondary N) is 1. The molecule has 2 rings (SSSR count). The molecule has 0 saturated heterocycles. The minimum atomic E-state index is -0.626. The molecule has 2 aromatic rings. The average Bonchev–Trinajstić information content (AvgIpc) is 2.39. The van der Waals surface area contributed by atoms with Gasteiger partial charge in [-0.1, -0.05) is 26.8 Å². The van der Waals surface area contributed by atoms with Crippen molar-refractivity contribution in [2.75, 3.05) is 12.4 Å². The fraction of sp³-hybridized carbons (Fsp3) is 0.375. The van der Waals surface area contributed by atoms with Gasteiger partial charge in [0.25, 0.3) is 0 Å². The van der Waals surface area contributed by atoms with Gasteiger partial charge in [0.1, 0.15) is 23.3 Å². The first-order valence-corrected chi connectivity index (χ1v) is 6.77. The van der Waals surface area contributed by atoms with Crippen molar-refractivity contribution < 1.29 is 8.78 Å². The molecule has 0 bridgehead atoms. The normalized spacial score (nSPS) is 11.6. The van der Waals surface area contributed by atoms with Crippen molar-refractivity contribution in [2.45, 2.75) is 33.1 Å². The molecule has 1 N–H and O–H groups in total. The van der Waals surface area contributed by atoms with Crippen molar-refractivity contribution in [3.63, 3.8) is 0 Å². The van der Waals surface area contributed by atoms with E-state index in [2.05, 4.69) is 15.3 Å². The van der Waals surface area contributed by atoms with Crippen LogP contribution >= 0.6 is 0 Å². The van der Waals surface area contributed by atoms with Gasteiger partial charge in [-0.2, -0.15) is 0 Å². The maximum Gasteiger partial charge on any atom is 0.136 e. The van der Waals surface area contributed by atoms with Crippen molar-refractivity contribution in [1.29, 1.82) is 0 Å². The quantitative estimate of drug-likeness (QED) is 0.906. The van der Waals surface area contributed by atoms with E-state index in [1.807, 2.05) is 20.8 Å². The summed E-state index contributed by atoms with van der Waals surface area (Å²) in [6.07, 6.45) is 0. The first kappa shape index (κ1) is 15.4. The monoisotopic (exact) mass is 291 g/mol. The second kappa shape index (κ2) is 5.39. The summed E-state index contributed by atoms with van der Waals surface area (Å²) in [5.74, 6) is -0.139. The number of anilines is 1. The van der Waals surface area contributed by atoms with E-state index in [0.717, 1.165) is 0 Å². The van der Waals surface area contributed by atoms with E-state index in [0.29, 0.717) is 17.2 Å². The summed E-state index contributed by atoms with van der Waals surface area (Å²) >= 11 is 0. The summed E-state index contributed by atoms with van der Waals surface area (Å²) in [5, 5.41) is 2.96. The molecule has 0 aliphatic carbocycles. The molecular weight excluding hydrogens is 272 g/mol. The Morgan fingerprint density at radius 1 is 1.05 bits per heavy atom. The molecule has 0 radical (unpaired) electrons. The molecule has 112 valence electrons. The average molecular weight is 291 g/mol. The lowest BCUT2D eigenvalue weighted by Crippen LogP contribution is -2.18. The van der Waals surface area contributed by atoms with Crippen LogP contribution in [0.3, 0.4) is 0 Å². The number of hydrogen-bond donors (Lipinski definition) is 1. The molecule has 1 heterocycles. The summed E-state index contributed by atoms with van der Waals surface area (Å²) in [7, 11) is 1.73. The molecule has 1 aromatic heterocycles.